The van der Waals surface area contributed by atoms with Gasteiger partial charge in [0.1, 0.15) is 22.2 Å². The fraction of sp³-hybridized carbons (Fsp3) is 0.176. The Labute approximate surface area is 169 Å². The predicted octanol–water partition coefficient (Wildman–Crippen LogP) is 4.84. The molecule has 0 spiro atoms. The van der Waals surface area contributed by atoms with Gasteiger partial charge < -0.3 is 9.36 Å². The van der Waals surface area contributed by atoms with Gasteiger partial charge in [-0.2, -0.15) is 5.10 Å². The van der Waals surface area contributed by atoms with Crippen molar-refractivity contribution in [3.05, 3.63) is 56.0 Å². The van der Waals surface area contributed by atoms with E-state index >= 15 is 0 Å². The van der Waals surface area contributed by atoms with Gasteiger partial charge in [-0.15, -0.1) is 0 Å². The van der Waals surface area contributed by atoms with E-state index in [2.05, 4.69) is 15.4 Å². The van der Waals surface area contributed by atoms with E-state index in [0.29, 0.717) is 32.0 Å². The first-order chi connectivity index (χ1) is 12.8. The van der Waals surface area contributed by atoms with Crippen molar-refractivity contribution in [2.24, 2.45) is 12.2 Å². The SMILES string of the molecule is Cc1nn(C)c(Cl)c1C=NOC(=O)c1c(-c2c(Cl)cccc2Cl)noc1C. The molecule has 0 N–H and O–H groups in total. The van der Waals surface area contributed by atoms with Gasteiger partial charge in [-0.05, 0) is 26.0 Å². The first-order valence-electron chi connectivity index (χ1n) is 7.65. The standard InChI is InChI=1S/C17H13Cl3N4O3/c1-8-10(16(20)24(3)22-8)7-21-27-17(25)13-9(2)26-23-15(13)14-11(18)5-4-6-12(14)19/h4-7H,1-3H3. The molecule has 0 aliphatic rings. The van der Waals surface area contributed by atoms with Crippen molar-refractivity contribution in [3.8, 4) is 11.3 Å². The van der Waals surface area contributed by atoms with Crippen molar-refractivity contribution >= 4 is 47.0 Å². The topological polar surface area (TPSA) is 82.5 Å². The number of nitrogens with zero attached hydrogens (tertiary/aromatic N) is 4. The molecule has 0 amide bonds. The van der Waals surface area contributed by atoms with E-state index in [1.54, 1.807) is 39.1 Å². The van der Waals surface area contributed by atoms with E-state index in [9.17, 15) is 4.79 Å². The van der Waals surface area contributed by atoms with Crippen molar-refractivity contribution in [3.63, 3.8) is 0 Å². The Hall–Kier alpha value is -2.35. The number of aromatic nitrogens is 3. The highest BCUT2D eigenvalue weighted by molar-refractivity contribution is 6.39. The number of rotatable bonds is 4. The summed E-state index contributed by atoms with van der Waals surface area (Å²) in [4.78, 5) is 17.5. The molecule has 2 aromatic heterocycles. The first kappa shape index (κ1) is 19.4. The molecule has 0 fully saturated rings. The predicted molar refractivity (Wildman–Crippen MR) is 103 cm³/mol. The Balaban J connectivity index is 1.90. The third kappa shape index (κ3) is 3.71. The minimum atomic E-state index is -0.770. The van der Waals surface area contributed by atoms with E-state index in [1.165, 1.54) is 10.9 Å². The Kier molecular flexibility index (Phi) is 5.55. The lowest BCUT2D eigenvalue weighted by Crippen LogP contribution is -2.04. The van der Waals surface area contributed by atoms with Crippen molar-refractivity contribution in [2.75, 3.05) is 0 Å². The maximum Gasteiger partial charge on any atom is 0.371 e. The molecular weight excluding hydrogens is 415 g/mol. The van der Waals surface area contributed by atoms with Gasteiger partial charge >= 0.3 is 5.97 Å². The minimum Gasteiger partial charge on any atom is -0.360 e. The number of carbonyl (C=O) groups excluding carboxylic acids is 1. The second kappa shape index (κ2) is 7.72. The third-order valence-corrected chi connectivity index (χ3v) is 4.86. The highest BCUT2D eigenvalue weighted by atomic mass is 35.5. The van der Waals surface area contributed by atoms with Crippen LogP contribution < -0.4 is 0 Å². The van der Waals surface area contributed by atoms with Crippen LogP contribution in [0.4, 0.5) is 0 Å². The molecule has 10 heteroatoms. The second-order valence-electron chi connectivity index (χ2n) is 5.59. The molecule has 0 radical (unpaired) electrons. The van der Waals surface area contributed by atoms with Crippen LogP contribution in [0.5, 0.6) is 0 Å². The molecule has 0 unspecified atom stereocenters. The summed E-state index contributed by atoms with van der Waals surface area (Å²) in [5.41, 5.74) is 1.82. The molecule has 7 nitrogen and oxygen atoms in total. The lowest BCUT2D eigenvalue weighted by atomic mass is 10.1. The van der Waals surface area contributed by atoms with Crippen LogP contribution >= 0.6 is 34.8 Å². The highest BCUT2D eigenvalue weighted by Gasteiger charge is 2.26. The van der Waals surface area contributed by atoms with Crippen molar-refractivity contribution in [1.29, 1.82) is 0 Å². The van der Waals surface area contributed by atoms with Gasteiger partial charge in [0.25, 0.3) is 0 Å². The van der Waals surface area contributed by atoms with E-state index in [4.69, 9.17) is 44.2 Å². The van der Waals surface area contributed by atoms with Gasteiger partial charge in [-0.3, -0.25) is 4.68 Å². The number of aryl methyl sites for hydroxylation is 3. The molecule has 0 saturated carbocycles. The molecule has 1 aromatic carbocycles. The number of halogens is 3. The first-order valence-corrected chi connectivity index (χ1v) is 8.79. The van der Waals surface area contributed by atoms with Crippen LogP contribution in [0.3, 0.4) is 0 Å². The zero-order valence-electron chi connectivity index (χ0n) is 14.5. The Morgan fingerprint density at radius 3 is 2.52 bits per heavy atom. The maximum atomic E-state index is 12.5. The molecule has 27 heavy (non-hydrogen) atoms. The normalized spacial score (nSPS) is 11.3. The molecular formula is C17H13Cl3N4O3. The highest BCUT2D eigenvalue weighted by Crippen LogP contribution is 2.37. The number of benzene rings is 1. The minimum absolute atomic E-state index is 0.0798. The molecule has 2 heterocycles. The lowest BCUT2D eigenvalue weighted by Gasteiger charge is -2.05. The Bertz CT molecular complexity index is 1040. The largest absolute Gasteiger partial charge is 0.371 e. The number of hydrogen-bond donors (Lipinski definition) is 0. The van der Waals surface area contributed by atoms with E-state index < -0.39 is 5.97 Å². The van der Waals surface area contributed by atoms with Gasteiger partial charge in [0.15, 0.2) is 0 Å². The van der Waals surface area contributed by atoms with Crippen LogP contribution in [0, 0.1) is 13.8 Å². The van der Waals surface area contributed by atoms with Crippen molar-refractivity contribution in [1.82, 2.24) is 14.9 Å². The van der Waals surface area contributed by atoms with Crippen LogP contribution in [-0.4, -0.2) is 27.1 Å². The zero-order chi connectivity index (χ0) is 19.7. The smallest absolute Gasteiger partial charge is 0.360 e. The van der Waals surface area contributed by atoms with E-state index in [0.717, 1.165) is 0 Å². The maximum absolute atomic E-state index is 12.5. The van der Waals surface area contributed by atoms with Crippen LogP contribution in [0.1, 0.15) is 27.4 Å². The summed E-state index contributed by atoms with van der Waals surface area (Å²) in [6, 6.07) is 4.95. The summed E-state index contributed by atoms with van der Waals surface area (Å²) in [6.07, 6.45) is 1.31. The fourth-order valence-corrected chi connectivity index (χ4v) is 3.27. The van der Waals surface area contributed by atoms with Crippen molar-refractivity contribution < 1.29 is 14.2 Å². The second-order valence-corrected chi connectivity index (χ2v) is 6.76. The van der Waals surface area contributed by atoms with E-state index in [1.807, 2.05) is 0 Å². The molecule has 0 bridgehead atoms. The van der Waals surface area contributed by atoms with Gasteiger partial charge in [-0.25, -0.2) is 4.79 Å². The van der Waals surface area contributed by atoms with Crippen LogP contribution in [0.15, 0.2) is 27.9 Å². The van der Waals surface area contributed by atoms with Crippen LogP contribution in [-0.2, 0) is 11.9 Å². The van der Waals surface area contributed by atoms with Crippen LogP contribution in [0.25, 0.3) is 11.3 Å². The average Bonchev–Trinajstić information content (AvgIpc) is 3.09. The molecule has 0 atom stereocenters. The van der Waals surface area contributed by atoms with Gasteiger partial charge in [0.05, 0.1) is 27.5 Å². The fourth-order valence-electron chi connectivity index (χ4n) is 2.47. The molecule has 3 rings (SSSR count). The summed E-state index contributed by atoms with van der Waals surface area (Å²) >= 11 is 18.5. The summed E-state index contributed by atoms with van der Waals surface area (Å²) in [6.45, 7) is 3.33. The lowest BCUT2D eigenvalue weighted by molar-refractivity contribution is 0.0518. The molecule has 0 aliphatic carbocycles. The monoisotopic (exact) mass is 426 g/mol. The Morgan fingerprint density at radius 1 is 1.26 bits per heavy atom. The number of carbonyl (C=O) groups is 1. The van der Waals surface area contributed by atoms with Crippen LogP contribution in [0.2, 0.25) is 15.2 Å². The number of oxime groups is 1. The average molecular weight is 428 g/mol. The third-order valence-electron chi connectivity index (χ3n) is 3.78. The molecule has 140 valence electrons. The molecule has 3 aromatic rings. The number of hydrogen-bond acceptors (Lipinski definition) is 6. The quantitative estimate of drug-likeness (QED) is 0.338. The Morgan fingerprint density at radius 2 is 1.93 bits per heavy atom. The van der Waals surface area contributed by atoms with E-state index in [-0.39, 0.29) is 17.0 Å². The molecule has 0 saturated heterocycles. The summed E-state index contributed by atoms with van der Waals surface area (Å²) < 4.78 is 6.62. The molecule has 0 aliphatic heterocycles. The summed E-state index contributed by atoms with van der Waals surface area (Å²) in [5, 5.41) is 12.8. The van der Waals surface area contributed by atoms with Gasteiger partial charge in [-0.1, -0.05) is 51.2 Å². The van der Waals surface area contributed by atoms with Crippen molar-refractivity contribution in [2.45, 2.75) is 13.8 Å². The van der Waals surface area contributed by atoms with Gasteiger partial charge in [0, 0.05) is 12.6 Å². The zero-order valence-corrected chi connectivity index (χ0v) is 16.7. The summed E-state index contributed by atoms with van der Waals surface area (Å²) in [7, 11) is 1.69. The van der Waals surface area contributed by atoms with Gasteiger partial charge in [0.2, 0.25) is 0 Å². The summed E-state index contributed by atoms with van der Waals surface area (Å²) in [5.74, 6) is -0.523.